The van der Waals surface area contributed by atoms with Gasteiger partial charge in [-0.05, 0) is 27.7 Å². The highest BCUT2D eigenvalue weighted by atomic mass is 16.5. The third-order valence-electron chi connectivity index (χ3n) is 3.17. The Hall–Kier alpha value is -2.05. The Kier molecular flexibility index (Phi) is 4.20. The summed E-state index contributed by atoms with van der Waals surface area (Å²) >= 11 is 0. The molecule has 0 saturated heterocycles. The SMILES string of the molecule is CCOC(=O)c1n[nH]c2c1CN(C(=O)NC(C)(C)C)CC2. The molecule has 7 nitrogen and oxygen atoms in total. The van der Waals surface area contributed by atoms with Gasteiger partial charge in [-0.1, -0.05) is 0 Å². The molecule has 2 N–H and O–H groups in total. The molecule has 21 heavy (non-hydrogen) atoms. The van der Waals surface area contributed by atoms with Crippen molar-refractivity contribution < 1.29 is 14.3 Å². The van der Waals surface area contributed by atoms with E-state index in [-0.39, 0.29) is 17.3 Å². The molecule has 0 saturated carbocycles. The molecule has 2 amide bonds. The molecule has 2 rings (SSSR count). The number of H-pyrrole nitrogens is 1. The molecule has 1 aliphatic rings. The second kappa shape index (κ2) is 5.75. The number of rotatable bonds is 2. The zero-order chi connectivity index (χ0) is 15.6. The summed E-state index contributed by atoms with van der Waals surface area (Å²) in [6, 6.07) is -0.135. The molecular formula is C14H22N4O3. The molecular weight excluding hydrogens is 272 g/mol. The highest BCUT2D eigenvalue weighted by molar-refractivity contribution is 5.89. The average Bonchev–Trinajstić information content (AvgIpc) is 2.79. The molecule has 2 heterocycles. The van der Waals surface area contributed by atoms with Crippen molar-refractivity contribution in [1.29, 1.82) is 0 Å². The summed E-state index contributed by atoms with van der Waals surface area (Å²) in [6.07, 6.45) is 0.652. The molecule has 116 valence electrons. The Morgan fingerprint density at radius 2 is 2.14 bits per heavy atom. The maximum Gasteiger partial charge on any atom is 0.359 e. The van der Waals surface area contributed by atoms with Crippen LogP contribution in [0, 0.1) is 0 Å². The first-order chi connectivity index (χ1) is 9.81. The van der Waals surface area contributed by atoms with Gasteiger partial charge in [0.15, 0.2) is 5.69 Å². The van der Waals surface area contributed by atoms with Crippen LogP contribution in [0.3, 0.4) is 0 Å². The molecule has 0 aromatic carbocycles. The number of aromatic nitrogens is 2. The normalized spacial score (nSPS) is 14.6. The lowest BCUT2D eigenvalue weighted by molar-refractivity contribution is 0.0516. The van der Waals surface area contributed by atoms with E-state index >= 15 is 0 Å². The Balaban J connectivity index is 2.14. The Morgan fingerprint density at radius 1 is 1.43 bits per heavy atom. The summed E-state index contributed by atoms with van der Waals surface area (Å²) in [6.45, 7) is 8.81. The van der Waals surface area contributed by atoms with E-state index in [1.165, 1.54) is 0 Å². The van der Waals surface area contributed by atoms with E-state index in [1.54, 1.807) is 11.8 Å². The van der Waals surface area contributed by atoms with Crippen LogP contribution in [0.1, 0.15) is 49.4 Å². The van der Waals surface area contributed by atoms with Crippen LogP contribution in [-0.4, -0.2) is 45.8 Å². The van der Waals surface area contributed by atoms with Gasteiger partial charge >= 0.3 is 12.0 Å². The predicted octanol–water partition coefficient (Wildman–Crippen LogP) is 1.45. The van der Waals surface area contributed by atoms with Crippen LogP contribution in [-0.2, 0) is 17.7 Å². The van der Waals surface area contributed by atoms with Crippen molar-refractivity contribution in [2.75, 3.05) is 13.2 Å². The first-order valence-electron chi connectivity index (χ1n) is 7.12. The lowest BCUT2D eigenvalue weighted by Gasteiger charge is -2.31. The van der Waals surface area contributed by atoms with Gasteiger partial charge in [0.2, 0.25) is 0 Å². The molecule has 0 atom stereocenters. The molecule has 0 bridgehead atoms. The average molecular weight is 294 g/mol. The zero-order valence-corrected chi connectivity index (χ0v) is 12.9. The lowest BCUT2D eigenvalue weighted by atomic mass is 10.1. The quantitative estimate of drug-likeness (QED) is 0.808. The minimum atomic E-state index is -0.451. The number of hydrogen-bond donors (Lipinski definition) is 2. The van der Waals surface area contributed by atoms with Crippen molar-refractivity contribution in [2.24, 2.45) is 0 Å². The van der Waals surface area contributed by atoms with E-state index in [1.807, 2.05) is 20.8 Å². The first-order valence-corrected chi connectivity index (χ1v) is 7.12. The number of amides is 2. The standard InChI is InChI=1S/C14H22N4O3/c1-5-21-12(19)11-9-8-18(7-6-10(9)16-17-11)13(20)15-14(2,3)4/h5-8H2,1-4H3,(H,15,20)(H,16,17). The number of aromatic amines is 1. The van der Waals surface area contributed by atoms with Gasteiger partial charge in [-0.15, -0.1) is 0 Å². The number of fused-ring (bicyclic) bond motifs is 1. The molecule has 7 heteroatoms. The molecule has 1 aliphatic heterocycles. The van der Waals surface area contributed by atoms with Crippen molar-refractivity contribution in [3.05, 3.63) is 17.0 Å². The summed E-state index contributed by atoms with van der Waals surface area (Å²) < 4.78 is 4.99. The molecule has 1 aromatic rings. The van der Waals surface area contributed by atoms with E-state index in [4.69, 9.17) is 4.74 Å². The Bertz CT molecular complexity index is 545. The number of esters is 1. The third kappa shape index (κ3) is 3.53. The highest BCUT2D eigenvalue weighted by Crippen LogP contribution is 2.21. The van der Waals surface area contributed by atoms with Crippen LogP contribution in [0.15, 0.2) is 0 Å². The fourth-order valence-electron chi connectivity index (χ4n) is 2.24. The number of nitrogens with one attached hydrogen (secondary N) is 2. The van der Waals surface area contributed by atoms with Crippen LogP contribution < -0.4 is 5.32 Å². The maximum absolute atomic E-state index is 12.2. The highest BCUT2D eigenvalue weighted by Gasteiger charge is 2.29. The van der Waals surface area contributed by atoms with Crippen molar-refractivity contribution >= 4 is 12.0 Å². The van der Waals surface area contributed by atoms with E-state index in [0.717, 1.165) is 11.3 Å². The zero-order valence-electron chi connectivity index (χ0n) is 12.9. The van der Waals surface area contributed by atoms with E-state index < -0.39 is 5.97 Å². The van der Waals surface area contributed by atoms with Gasteiger partial charge in [-0.25, -0.2) is 9.59 Å². The summed E-state index contributed by atoms with van der Waals surface area (Å²) in [7, 11) is 0. The Labute approximate surface area is 124 Å². The van der Waals surface area contributed by atoms with Crippen LogP contribution in [0.25, 0.3) is 0 Å². The number of carbonyl (C=O) groups is 2. The summed E-state index contributed by atoms with van der Waals surface area (Å²) in [5, 5.41) is 9.82. The summed E-state index contributed by atoms with van der Waals surface area (Å²) in [4.78, 5) is 25.8. The fourth-order valence-corrected chi connectivity index (χ4v) is 2.24. The van der Waals surface area contributed by atoms with Crippen molar-refractivity contribution in [2.45, 2.75) is 46.2 Å². The van der Waals surface area contributed by atoms with Crippen molar-refractivity contribution in [3.8, 4) is 0 Å². The fraction of sp³-hybridized carbons (Fsp3) is 0.643. The van der Waals surface area contributed by atoms with E-state index in [9.17, 15) is 9.59 Å². The molecule has 0 aliphatic carbocycles. The Morgan fingerprint density at radius 3 is 2.76 bits per heavy atom. The van der Waals surface area contributed by atoms with Gasteiger partial charge in [0.25, 0.3) is 0 Å². The van der Waals surface area contributed by atoms with Gasteiger partial charge < -0.3 is 15.0 Å². The number of urea groups is 1. The second-order valence-electron chi connectivity index (χ2n) is 6.10. The van der Waals surface area contributed by atoms with Crippen molar-refractivity contribution in [1.82, 2.24) is 20.4 Å². The van der Waals surface area contributed by atoms with Crippen LogP contribution in [0.2, 0.25) is 0 Å². The predicted molar refractivity (Wildman–Crippen MR) is 76.9 cm³/mol. The number of carbonyl (C=O) groups excluding carboxylic acids is 2. The summed E-state index contributed by atoms with van der Waals surface area (Å²) in [5.41, 5.74) is 1.64. The second-order valence-corrected chi connectivity index (χ2v) is 6.10. The monoisotopic (exact) mass is 294 g/mol. The van der Waals surface area contributed by atoms with Crippen LogP contribution >= 0.6 is 0 Å². The first kappa shape index (κ1) is 15.3. The van der Waals surface area contributed by atoms with E-state index in [2.05, 4.69) is 15.5 Å². The molecule has 0 fully saturated rings. The molecule has 1 aromatic heterocycles. The van der Waals surface area contributed by atoms with Crippen LogP contribution in [0.4, 0.5) is 4.79 Å². The molecule has 0 spiro atoms. The number of ether oxygens (including phenoxy) is 1. The maximum atomic E-state index is 12.2. The van der Waals surface area contributed by atoms with Gasteiger partial charge in [0.1, 0.15) is 0 Å². The minimum Gasteiger partial charge on any atom is -0.461 e. The summed E-state index contributed by atoms with van der Waals surface area (Å²) in [5.74, 6) is -0.451. The molecule has 0 radical (unpaired) electrons. The number of hydrogen-bond acceptors (Lipinski definition) is 4. The topological polar surface area (TPSA) is 87.3 Å². The van der Waals surface area contributed by atoms with Gasteiger partial charge in [-0.2, -0.15) is 5.10 Å². The lowest BCUT2D eigenvalue weighted by Crippen LogP contribution is -2.49. The molecule has 0 unspecified atom stereocenters. The van der Waals surface area contributed by atoms with Gasteiger partial charge in [0, 0.05) is 29.8 Å². The number of nitrogens with zero attached hydrogens (tertiary/aromatic N) is 2. The minimum absolute atomic E-state index is 0.135. The smallest absolute Gasteiger partial charge is 0.359 e. The van der Waals surface area contributed by atoms with Gasteiger partial charge in [-0.3, -0.25) is 5.10 Å². The van der Waals surface area contributed by atoms with Crippen molar-refractivity contribution in [3.63, 3.8) is 0 Å². The van der Waals surface area contributed by atoms with Gasteiger partial charge in [0.05, 0.1) is 13.2 Å². The van der Waals surface area contributed by atoms with E-state index in [0.29, 0.717) is 26.1 Å². The van der Waals surface area contributed by atoms with Crippen LogP contribution in [0.5, 0.6) is 0 Å². The largest absolute Gasteiger partial charge is 0.461 e. The third-order valence-corrected chi connectivity index (χ3v) is 3.17.